The van der Waals surface area contributed by atoms with Gasteiger partial charge in [-0.25, -0.2) is 13.1 Å². The number of ether oxygens (including phenoxy) is 1. The zero-order valence-electron chi connectivity index (χ0n) is 14.0. The molecule has 1 saturated heterocycles. The molecule has 24 heavy (non-hydrogen) atoms. The third-order valence-electron chi connectivity index (χ3n) is 3.70. The van der Waals surface area contributed by atoms with Crippen LogP contribution in [0.3, 0.4) is 0 Å². The number of aliphatic imine (C=N–C) groups is 1. The van der Waals surface area contributed by atoms with Crippen LogP contribution in [0.4, 0.5) is 0 Å². The number of hydrogen-bond acceptors (Lipinski definition) is 5. The molecule has 136 valence electrons. The first-order valence-corrected chi connectivity index (χ1v) is 10.7. The van der Waals surface area contributed by atoms with Crippen molar-refractivity contribution in [2.24, 2.45) is 4.99 Å². The molecule has 1 aromatic heterocycles. The predicted molar refractivity (Wildman–Crippen MR) is 97.9 cm³/mol. The summed E-state index contributed by atoms with van der Waals surface area (Å²) in [5.41, 5.74) is 0. The van der Waals surface area contributed by atoms with E-state index in [4.69, 9.17) is 4.74 Å². The molecule has 1 atom stereocenters. The Morgan fingerprint density at radius 3 is 2.96 bits per heavy atom. The van der Waals surface area contributed by atoms with Crippen LogP contribution >= 0.6 is 11.3 Å². The van der Waals surface area contributed by atoms with E-state index in [0.29, 0.717) is 25.6 Å². The molecule has 0 saturated carbocycles. The maximum absolute atomic E-state index is 12.0. The number of thiophene rings is 1. The Bertz CT molecular complexity index is 596. The van der Waals surface area contributed by atoms with Crippen molar-refractivity contribution in [3.05, 3.63) is 22.4 Å². The van der Waals surface area contributed by atoms with E-state index in [9.17, 15) is 8.42 Å². The van der Waals surface area contributed by atoms with Gasteiger partial charge in [-0.3, -0.25) is 4.99 Å². The topological polar surface area (TPSA) is 91.8 Å². The SMILES string of the molecule is CN=C(NCCS(=O)(=O)NCC1CCCCO1)NCc1cccs1. The summed E-state index contributed by atoms with van der Waals surface area (Å²) in [6.45, 7) is 2.04. The molecule has 0 aliphatic carbocycles. The highest BCUT2D eigenvalue weighted by atomic mass is 32.2. The maximum Gasteiger partial charge on any atom is 0.213 e. The lowest BCUT2D eigenvalue weighted by molar-refractivity contribution is 0.0200. The van der Waals surface area contributed by atoms with Crippen LogP contribution in [0, 0.1) is 0 Å². The smallest absolute Gasteiger partial charge is 0.213 e. The summed E-state index contributed by atoms with van der Waals surface area (Å²) >= 11 is 1.66. The van der Waals surface area contributed by atoms with E-state index >= 15 is 0 Å². The van der Waals surface area contributed by atoms with Crippen LogP contribution in [0.5, 0.6) is 0 Å². The molecule has 0 amide bonds. The number of guanidine groups is 1. The normalized spacial score (nSPS) is 19.2. The molecule has 2 rings (SSSR count). The van der Waals surface area contributed by atoms with Gasteiger partial charge in [0, 0.05) is 31.6 Å². The average Bonchev–Trinajstić information content (AvgIpc) is 3.10. The molecule has 1 fully saturated rings. The molecular weight excluding hydrogens is 348 g/mol. The van der Waals surface area contributed by atoms with E-state index in [2.05, 4.69) is 20.3 Å². The summed E-state index contributed by atoms with van der Waals surface area (Å²) in [7, 11) is -1.65. The van der Waals surface area contributed by atoms with E-state index in [1.165, 1.54) is 4.88 Å². The van der Waals surface area contributed by atoms with Gasteiger partial charge in [0.2, 0.25) is 10.0 Å². The fourth-order valence-corrected chi connectivity index (χ4v) is 3.97. The van der Waals surface area contributed by atoms with Crippen molar-refractivity contribution in [3.63, 3.8) is 0 Å². The highest BCUT2D eigenvalue weighted by molar-refractivity contribution is 7.89. The van der Waals surface area contributed by atoms with Gasteiger partial charge in [-0.05, 0) is 30.7 Å². The molecule has 2 heterocycles. The lowest BCUT2D eigenvalue weighted by Gasteiger charge is -2.22. The molecule has 0 spiro atoms. The predicted octanol–water partition coefficient (Wildman–Crippen LogP) is 0.902. The Labute approximate surface area is 147 Å². The third-order valence-corrected chi connectivity index (χ3v) is 5.93. The van der Waals surface area contributed by atoms with E-state index < -0.39 is 10.0 Å². The van der Waals surface area contributed by atoms with Crippen LogP contribution in [-0.4, -0.2) is 53.0 Å². The lowest BCUT2D eigenvalue weighted by Crippen LogP contribution is -2.42. The van der Waals surface area contributed by atoms with Crippen LogP contribution in [0.15, 0.2) is 22.5 Å². The standard InChI is InChI=1S/C15H26N4O3S2/c1-16-15(18-12-14-6-4-9-23-14)17-7-10-24(20,21)19-11-13-5-2-3-8-22-13/h4,6,9,13,19H,2-3,5,7-8,10-12H2,1H3,(H2,16,17,18). The summed E-state index contributed by atoms with van der Waals surface area (Å²) < 4.78 is 32.2. The first-order valence-electron chi connectivity index (χ1n) is 8.15. The van der Waals surface area contributed by atoms with Gasteiger partial charge < -0.3 is 15.4 Å². The van der Waals surface area contributed by atoms with Gasteiger partial charge in [0.25, 0.3) is 0 Å². The molecule has 0 bridgehead atoms. The van der Waals surface area contributed by atoms with Gasteiger partial charge in [0.15, 0.2) is 5.96 Å². The second kappa shape index (κ2) is 9.97. The summed E-state index contributed by atoms with van der Waals surface area (Å²) in [6, 6.07) is 4.03. The van der Waals surface area contributed by atoms with Crippen LogP contribution in [0.2, 0.25) is 0 Å². The van der Waals surface area contributed by atoms with Crippen LogP contribution in [-0.2, 0) is 21.3 Å². The van der Waals surface area contributed by atoms with E-state index in [0.717, 1.165) is 25.9 Å². The van der Waals surface area contributed by atoms with Crippen molar-refractivity contribution in [2.75, 3.05) is 32.5 Å². The first kappa shape index (κ1) is 19.2. The molecular formula is C15H26N4O3S2. The quantitative estimate of drug-likeness (QED) is 0.464. The number of rotatable bonds is 8. The number of nitrogens with zero attached hydrogens (tertiary/aromatic N) is 1. The highest BCUT2D eigenvalue weighted by Gasteiger charge is 2.17. The molecule has 1 aromatic rings. The minimum absolute atomic E-state index is 0.000573. The monoisotopic (exact) mass is 374 g/mol. The Morgan fingerprint density at radius 1 is 1.42 bits per heavy atom. The van der Waals surface area contributed by atoms with Gasteiger partial charge in [0.05, 0.1) is 18.4 Å². The van der Waals surface area contributed by atoms with Gasteiger partial charge >= 0.3 is 0 Å². The molecule has 0 radical (unpaired) electrons. The number of sulfonamides is 1. The van der Waals surface area contributed by atoms with Crippen LogP contribution in [0.1, 0.15) is 24.1 Å². The van der Waals surface area contributed by atoms with Gasteiger partial charge in [-0.2, -0.15) is 0 Å². The average molecular weight is 375 g/mol. The summed E-state index contributed by atoms with van der Waals surface area (Å²) in [4.78, 5) is 5.28. The summed E-state index contributed by atoms with van der Waals surface area (Å²) in [6.07, 6.45) is 3.08. The second-order valence-corrected chi connectivity index (χ2v) is 8.55. The van der Waals surface area contributed by atoms with Gasteiger partial charge in [-0.15, -0.1) is 11.3 Å². The molecule has 9 heteroatoms. The van der Waals surface area contributed by atoms with Gasteiger partial charge in [0.1, 0.15) is 0 Å². The summed E-state index contributed by atoms with van der Waals surface area (Å²) in [5, 5.41) is 8.19. The van der Waals surface area contributed by atoms with Crippen molar-refractivity contribution in [3.8, 4) is 0 Å². The molecule has 7 nitrogen and oxygen atoms in total. The van der Waals surface area contributed by atoms with Crippen molar-refractivity contribution in [2.45, 2.75) is 31.9 Å². The molecule has 0 aromatic carbocycles. The fraction of sp³-hybridized carbons (Fsp3) is 0.667. The maximum atomic E-state index is 12.0. The zero-order valence-corrected chi connectivity index (χ0v) is 15.6. The second-order valence-electron chi connectivity index (χ2n) is 5.59. The minimum Gasteiger partial charge on any atom is -0.377 e. The fourth-order valence-electron chi connectivity index (χ4n) is 2.37. The van der Waals surface area contributed by atoms with E-state index in [-0.39, 0.29) is 11.9 Å². The number of nitrogens with one attached hydrogen (secondary N) is 3. The highest BCUT2D eigenvalue weighted by Crippen LogP contribution is 2.11. The summed E-state index contributed by atoms with van der Waals surface area (Å²) in [5.74, 6) is 0.591. The van der Waals surface area contributed by atoms with Crippen molar-refractivity contribution in [1.29, 1.82) is 0 Å². The first-order chi connectivity index (χ1) is 11.6. The van der Waals surface area contributed by atoms with Crippen molar-refractivity contribution >= 4 is 27.3 Å². The minimum atomic E-state index is -3.32. The Balaban J connectivity index is 1.64. The Kier molecular flexibility index (Phi) is 7.97. The van der Waals surface area contributed by atoms with Crippen molar-refractivity contribution in [1.82, 2.24) is 15.4 Å². The molecule has 1 unspecified atom stereocenters. The Morgan fingerprint density at radius 2 is 2.29 bits per heavy atom. The lowest BCUT2D eigenvalue weighted by atomic mass is 10.1. The molecule has 3 N–H and O–H groups in total. The third kappa shape index (κ3) is 7.16. The van der Waals surface area contributed by atoms with Crippen molar-refractivity contribution < 1.29 is 13.2 Å². The zero-order chi connectivity index (χ0) is 17.3. The van der Waals surface area contributed by atoms with E-state index in [1.54, 1.807) is 18.4 Å². The number of hydrogen-bond donors (Lipinski definition) is 3. The largest absolute Gasteiger partial charge is 0.377 e. The van der Waals surface area contributed by atoms with Gasteiger partial charge in [-0.1, -0.05) is 6.07 Å². The molecule has 1 aliphatic heterocycles. The van der Waals surface area contributed by atoms with Crippen LogP contribution < -0.4 is 15.4 Å². The Hall–Kier alpha value is -1.16. The van der Waals surface area contributed by atoms with E-state index in [1.807, 2.05) is 17.5 Å². The van der Waals surface area contributed by atoms with Crippen LogP contribution in [0.25, 0.3) is 0 Å². The molecule has 1 aliphatic rings.